The molecule has 30 heavy (non-hydrogen) atoms. The van der Waals surface area contributed by atoms with Gasteiger partial charge in [-0.15, -0.1) is 10.2 Å². The summed E-state index contributed by atoms with van der Waals surface area (Å²) < 4.78 is 73.8. The Labute approximate surface area is 191 Å². The first-order valence-corrected chi connectivity index (χ1v) is 9.35. The molecule has 0 atom stereocenters. The maximum absolute atomic E-state index is 12.1. The van der Waals surface area contributed by atoms with E-state index in [0.717, 1.165) is 12.3 Å². The van der Waals surface area contributed by atoms with Crippen molar-refractivity contribution in [3.63, 3.8) is 0 Å². The van der Waals surface area contributed by atoms with Crippen LogP contribution in [-0.2, 0) is 10.1 Å². The number of rotatable bonds is 5. The van der Waals surface area contributed by atoms with Gasteiger partial charge < -0.3 is 10.5 Å². The van der Waals surface area contributed by atoms with Gasteiger partial charge in [0, 0.05) is 16.8 Å². The zero-order valence-electron chi connectivity index (χ0n) is 14.5. The molecular weight excluding hydrogens is 436 g/mol. The predicted octanol–water partition coefficient (Wildman–Crippen LogP) is 3.77. The summed E-state index contributed by atoms with van der Waals surface area (Å²) in [5.74, 6) is -0.250. The summed E-state index contributed by atoms with van der Waals surface area (Å²) in [4.78, 5) is 3.30. The molecule has 13 heteroatoms. The number of aromatic nitrogens is 1. The third-order valence-corrected chi connectivity index (χ3v) is 4.58. The second kappa shape index (κ2) is 9.27. The van der Waals surface area contributed by atoms with Crippen molar-refractivity contribution < 1.29 is 30.9 Å². The van der Waals surface area contributed by atoms with Gasteiger partial charge in [-0.25, -0.2) is 4.98 Å². The van der Waals surface area contributed by atoms with Crippen molar-refractivity contribution in [1.29, 1.82) is 0 Å². The fraction of sp³-hybridized carbons (Fsp3) is 0.118. The molecule has 2 aromatic carbocycles. The zero-order valence-corrected chi connectivity index (χ0v) is 15.3. The van der Waals surface area contributed by atoms with Crippen molar-refractivity contribution in [1.82, 2.24) is 4.98 Å². The average molecular weight is 450 g/mol. The monoisotopic (exact) mass is 450 g/mol. The first kappa shape index (κ1) is 24.0. The molecule has 8 nitrogen and oxygen atoms in total. The Hall–Kier alpha value is -2.25. The van der Waals surface area contributed by atoms with E-state index in [0.29, 0.717) is 5.39 Å². The van der Waals surface area contributed by atoms with Gasteiger partial charge in [-0.05, 0) is 12.1 Å². The first-order valence-electron chi connectivity index (χ1n) is 7.91. The van der Waals surface area contributed by atoms with Crippen molar-refractivity contribution in [2.24, 2.45) is 10.2 Å². The van der Waals surface area contributed by atoms with Gasteiger partial charge in [0.1, 0.15) is 16.3 Å². The van der Waals surface area contributed by atoms with Crippen LogP contribution >= 0.6 is 0 Å². The Morgan fingerprint density at radius 2 is 1.77 bits per heavy atom. The molecule has 0 saturated carbocycles. The number of alkyl halides is 3. The molecule has 0 fully saturated rings. The summed E-state index contributed by atoms with van der Waals surface area (Å²) in [6, 6.07) is 9.83. The zero-order chi connectivity index (χ0) is 21.2. The number of nitrogens with two attached hydrogens (primary N) is 1. The molecule has 1 aromatic heterocycles. The second-order valence-electron chi connectivity index (χ2n) is 5.79. The summed E-state index contributed by atoms with van der Waals surface area (Å²) in [5, 5.41) is 8.30. The molecule has 1 heterocycles. The summed E-state index contributed by atoms with van der Waals surface area (Å²) >= 11 is 0. The van der Waals surface area contributed by atoms with Gasteiger partial charge >= 0.3 is 35.7 Å². The van der Waals surface area contributed by atoms with E-state index in [9.17, 15) is 26.1 Å². The maximum atomic E-state index is 12.1. The first-order chi connectivity index (χ1) is 13.5. The van der Waals surface area contributed by atoms with E-state index in [4.69, 9.17) is 5.73 Å². The van der Waals surface area contributed by atoms with Crippen LogP contribution < -0.4 is 10.5 Å². The molecule has 0 aliphatic rings. The van der Waals surface area contributed by atoms with Crippen molar-refractivity contribution in [2.75, 3.05) is 12.3 Å². The van der Waals surface area contributed by atoms with E-state index < -0.39 is 22.9 Å². The van der Waals surface area contributed by atoms with Crippen molar-refractivity contribution in [3.05, 3.63) is 48.7 Å². The molecule has 0 aliphatic heterocycles. The van der Waals surface area contributed by atoms with Crippen LogP contribution in [0.3, 0.4) is 0 Å². The number of hydrogen-bond donors (Lipinski definition) is 2. The Balaban J connectivity index is 0.00000320. The van der Waals surface area contributed by atoms with E-state index in [-0.39, 0.29) is 62.8 Å². The van der Waals surface area contributed by atoms with Gasteiger partial charge in [0.15, 0.2) is 6.61 Å². The quantitative estimate of drug-likeness (QED) is 0.264. The van der Waals surface area contributed by atoms with Gasteiger partial charge in [0.05, 0.1) is 11.9 Å². The molecule has 0 saturated heterocycles. The number of fused-ring (bicyclic) bond motifs is 1. The fourth-order valence-corrected chi connectivity index (χ4v) is 3.15. The van der Waals surface area contributed by atoms with Crippen LogP contribution in [-0.4, -0.2) is 60.3 Å². The number of benzene rings is 2. The summed E-state index contributed by atoms with van der Waals surface area (Å²) in [5.41, 5.74) is 6.30. The average Bonchev–Trinajstić information content (AvgIpc) is 2.65. The van der Waals surface area contributed by atoms with E-state index in [1.807, 2.05) is 0 Å². The molecule has 0 unspecified atom stereocenters. The van der Waals surface area contributed by atoms with Gasteiger partial charge in [-0.2, -0.15) is 21.6 Å². The molecule has 0 spiro atoms. The minimum absolute atomic E-state index is 0. The van der Waals surface area contributed by atoms with Crippen LogP contribution in [0, 0.1) is 0 Å². The number of hydrogen-bond acceptors (Lipinski definition) is 7. The van der Waals surface area contributed by atoms with Crippen LogP contribution in [0.15, 0.2) is 63.8 Å². The normalized spacial score (nSPS) is 12.1. The number of pyridine rings is 1. The third-order valence-electron chi connectivity index (χ3n) is 3.68. The standard InChI is InChI=1S/C17H13F3N4O4S.Na.H/c18-17(19,20)9-28-15-6-5-10(8-22-15)23-24-13-7-14(29(25,26)27)11-3-1-2-4-12(11)16(13)21;;/h1-8H,9,21H2,(H,25,26,27);;/b24-23+;;. The Kier molecular flexibility index (Phi) is 7.42. The fourth-order valence-electron chi connectivity index (χ4n) is 2.43. The molecule has 3 N–H and O–H groups in total. The number of halogens is 3. The summed E-state index contributed by atoms with van der Waals surface area (Å²) in [7, 11) is -4.55. The van der Waals surface area contributed by atoms with Crippen molar-refractivity contribution in [2.45, 2.75) is 11.1 Å². The second-order valence-corrected chi connectivity index (χ2v) is 7.18. The number of anilines is 1. The van der Waals surface area contributed by atoms with Gasteiger partial charge in [0.25, 0.3) is 10.1 Å². The predicted molar refractivity (Wildman–Crippen MR) is 105 cm³/mol. The van der Waals surface area contributed by atoms with Crippen molar-refractivity contribution in [3.8, 4) is 5.88 Å². The molecule has 3 aromatic rings. The van der Waals surface area contributed by atoms with E-state index in [2.05, 4.69) is 19.9 Å². The summed E-state index contributed by atoms with van der Waals surface area (Å²) in [6.07, 6.45) is -3.37. The number of azo groups is 1. The van der Waals surface area contributed by atoms with Crippen LogP contribution in [0.4, 0.5) is 30.2 Å². The van der Waals surface area contributed by atoms with Crippen LogP contribution in [0.2, 0.25) is 0 Å². The molecule has 0 amide bonds. The molecular formula is C17H14F3N4NaO4S. The van der Waals surface area contributed by atoms with Gasteiger partial charge in [-0.1, -0.05) is 24.3 Å². The van der Waals surface area contributed by atoms with E-state index >= 15 is 0 Å². The number of nitrogens with zero attached hydrogens (tertiary/aromatic N) is 3. The molecule has 0 bridgehead atoms. The van der Waals surface area contributed by atoms with Crippen LogP contribution in [0.1, 0.15) is 0 Å². The van der Waals surface area contributed by atoms with Crippen molar-refractivity contribution >= 4 is 67.5 Å². The van der Waals surface area contributed by atoms with Crippen LogP contribution in [0.25, 0.3) is 10.8 Å². The van der Waals surface area contributed by atoms with E-state index in [1.165, 1.54) is 18.2 Å². The third kappa shape index (κ3) is 5.89. The Morgan fingerprint density at radius 1 is 1.10 bits per heavy atom. The number of ether oxygens (including phenoxy) is 1. The van der Waals surface area contributed by atoms with E-state index in [1.54, 1.807) is 18.2 Å². The molecule has 3 rings (SSSR count). The molecule has 154 valence electrons. The van der Waals surface area contributed by atoms with Gasteiger partial charge in [0.2, 0.25) is 5.88 Å². The molecule has 0 aliphatic carbocycles. The Morgan fingerprint density at radius 3 is 2.33 bits per heavy atom. The Bertz CT molecular complexity index is 1190. The minimum atomic E-state index is -4.55. The summed E-state index contributed by atoms with van der Waals surface area (Å²) in [6.45, 7) is -1.48. The van der Waals surface area contributed by atoms with Crippen LogP contribution in [0.5, 0.6) is 5.88 Å². The molecule has 0 radical (unpaired) electrons. The topological polar surface area (TPSA) is 127 Å². The van der Waals surface area contributed by atoms with Gasteiger partial charge in [-0.3, -0.25) is 4.55 Å². The number of nitrogen functional groups attached to an aromatic ring is 1. The SMILES string of the molecule is Nc1c(/N=N/c2ccc(OCC(F)(F)F)nc2)cc(S(=O)(=O)O)c2ccccc12.[NaH].